The minimum Gasteiger partial charge on any atom is -0.376 e. The van der Waals surface area contributed by atoms with Crippen molar-refractivity contribution in [3.8, 4) is 11.1 Å². The van der Waals surface area contributed by atoms with E-state index >= 15 is 0 Å². The van der Waals surface area contributed by atoms with Crippen LogP contribution in [0.15, 0.2) is 24.3 Å². The molecule has 0 amide bonds. The van der Waals surface area contributed by atoms with E-state index in [-0.39, 0.29) is 5.78 Å². The highest BCUT2D eigenvalue weighted by molar-refractivity contribution is 7.19. The smallest absolute Gasteiger partial charge is 0.163 e. The number of aryl methyl sites for hydroxylation is 2. The van der Waals surface area contributed by atoms with Crippen molar-refractivity contribution in [2.24, 2.45) is 0 Å². The van der Waals surface area contributed by atoms with Crippen LogP contribution < -0.4 is 0 Å². The van der Waals surface area contributed by atoms with Crippen molar-refractivity contribution in [3.63, 3.8) is 0 Å². The fourth-order valence-electron chi connectivity index (χ4n) is 4.12. The van der Waals surface area contributed by atoms with Gasteiger partial charge in [-0.2, -0.15) is 0 Å². The van der Waals surface area contributed by atoms with E-state index in [0.29, 0.717) is 13.2 Å². The summed E-state index contributed by atoms with van der Waals surface area (Å²) in [5, 5.41) is 1.16. The van der Waals surface area contributed by atoms with Crippen molar-refractivity contribution in [1.82, 2.24) is 4.98 Å². The van der Waals surface area contributed by atoms with Gasteiger partial charge in [0.25, 0.3) is 0 Å². The lowest BCUT2D eigenvalue weighted by Crippen LogP contribution is -2.27. The minimum absolute atomic E-state index is 0.00466. The molecule has 1 atom stereocenters. The summed E-state index contributed by atoms with van der Waals surface area (Å²) in [5.41, 5.74) is 5.98. The fourth-order valence-corrected chi connectivity index (χ4v) is 5.34. The average molecular weight is 424 g/mol. The van der Waals surface area contributed by atoms with E-state index in [0.717, 1.165) is 39.0 Å². The summed E-state index contributed by atoms with van der Waals surface area (Å²) in [5.74, 6) is -0.00466. The van der Waals surface area contributed by atoms with Gasteiger partial charge in [-0.25, -0.2) is 4.98 Å². The molecule has 0 aliphatic carbocycles. The summed E-state index contributed by atoms with van der Waals surface area (Å²) in [7, 11) is 0. The van der Waals surface area contributed by atoms with Gasteiger partial charge in [-0.1, -0.05) is 29.8 Å². The lowest BCUT2D eigenvalue weighted by atomic mass is 9.88. The lowest BCUT2D eigenvalue weighted by Gasteiger charge is -2.29. The molecule has 0 saturated heterocycles. The van der Waals surface area contributed by atoms with E-state index in [2.05, 4.69) is 31.2 Å². The number of hydrogen-bond donors (Lipinski definition) is 0. The van der Waals surface area contributed by atoms with Crippen molar-refractivity contribution in [3.05, 3.63) is 51.5 Å². The van der Waals surface area contributed by atoms with Crippen LogP contribution in [0.2, 0.25) is 0 Å². The highest BCUT2D eigenvalue weighted by atomic mass is 32.1. The number of carbonyl (C=O) groups excluding carboxylic acids is 1. The number of rotatable bonds is 4. The van der Waals surface area contributed by atoms with E-state index in [4.69, 9.17) is 14.5 Å². The Labute approximate surface area is 182 Å². The first-order valence-corrected chi connectivity index (χ1v) is 11.2. The molecular weight excluding hydrogens is 394 g/mol. The summed E-state index contributed by atoms with van der Waals surface area (Å²) in [6.45, 7) is 13.0. The van der Waals surface area contributed by atoms with Crippen LogP contribution in [-0.4, -0.2) is 23.0 Å². The number of aromatic nitrogens is 1. The predicted octanol–water partition coefficient (Wildman–Crippen LogP) is 6.10. The maximum atomic E-state index is 12.8. The summed E-state index contributed by atoms with van der Waals surface area (Å²) >= 11 is 1.71. The van der Waals surface area contributed by atoms with Gasteiger partial charge in [-0.3, -0.25) is 4.79 Å². The van der Waals surface area contributed by atoms with Crippen LogP contribution >= 0.6 is 11.3 Å². The first kappa shape index (κ1) is 21.2. The van der Waals surface area contributed by atoms with Gasteiger partial charge in [0.05, 0.1) is 18.8 Å². The zero-order chi connectivity index (χ0) is 21.6. The second kappa shape index (κ2) is 7.88. The number of benzene rings is 1. The topological polar surface area (TPSA) is 48.4 Å². The van der Waals surface area contributed by atoms with Gasteiger partial charge in [-0.05, 0) is 59.1 Å². The Morgan fingerprint density at radius 2 is 1.90 bits per heavy atom. The molecule has 158 valence electrons. The van der Waals surface area contributed by atoms with Crippen LogP contribution in [0.3, 0.4) is 0 Å². The highest BCUT2D eigenvalue weighted by Crippen LogP contribution is 2.45. The molecule has 0 saturated carbocycles. The van der Waals surface area contributed by atoms with Crippen LogP contribution in [-0.2, 0) is 27.3 Å². The normalized spacial score (nSPS) is 15.3. The summed E-state index contributed by atoms with van der Waals surface area (Å²) < 4.78 is 12.0. The summed E-state index contributed by atoms with van der Waals surface area (Å²) in [6.07, 6.45) is 0.206. The number of pyridine rings is 1. The van der Waals surface area contributed by atoms with Gasteiger partial charge in [0.1, 0.15) is 10.9 Å². The molecular formula is C25H29NO3S. The van der Waals surface area contributed by atoms with Crippen LogP contribution in [0.5, 0.6) is 0 Å². The maximum Gasteiger partial charge on any atom is 0.163 e. The van der Waals surface area contributed by atoms with Gasteiger partial charge in [-0.15, -0.1) is 11.3 Å². The highest BCUT2D eigenvalue weighted by Gasteiger charge is 2.32. The Hall–Kier alpha value is -2.08. The molecule has 0 spiro atoms. The van der Waals surface area contributed by atoms with Crippen molar-refractivity contribution in [1.29, 1.82) is 0 Å². The summed E-state index contributed by atoms with van der Waals surface area (Å²) in [4.78, 5) is 20.0. The molecule has 0 radical (unpaired) electrons. The number of Topliss-reactive ketones (excluding diaryl/α,β-unsaturated/α-hetero) is 1. The number of ether oxygens (including phenoxy) is 2. The Balaban J connectivity index is 2.08. The largest absolute Gasteiger partial charge is 0.376 e. The second-order valence-electron chi connectivity index (χ2n) is 9.06. The number of hydrogen-bond acceptors (Lipinski definition) is 5. The quantitative estimate of drug-likeness (QED) is 0.509. The lowest BCUT2D eigenvalue weighted by molar-refractivity contribution is -0.138. The Bertz CT molecular complexity index is 1110. The van der Waals surface area contributed by atoms with Crippen LogP contribution in [0.25, 0.3) is 21.3 Å². The molecule has 1 aliphatic heterocycles. The Morgan fingerprint density at radius 3 is 2.53 bits per heavy atom. The van der Waals surface area contributed by atoms with Gasteiger partial charge < -0.3 is 9.47 Å². The number of fused-ring (bicyclic) bond motifs is 3. The first-order valence-electron chi connectivity index (χ1n) is 10.4. The van der Waals surface area contributed by atoms with Crippen LogP contribution in [0.1, 0.15) is 61.1 Å². The van der Waals surface area contributed by atoms with Crippen LogP contribution in [0, 0.1) is 13.8 Å². The fraction of sp³-hybridized carbons (Fsp3) is 0.440. The molecule has 1 aromatic carbocycles. The maximum absolute atomic E-state index is 12.8. The van der Waals surface area contributed by atoms with E-state index in [1.165, 1.54) is 16.0 Å². The molecule has 30 heavy (non-hydrogen) atoms. The zero-order valence-electron chi connectivity index (χ0n) is 18.6. The molecule has 0 unspecified atom stereocenters. The first-order chi connectivity index (χ1) is 14.2. The number of thiophene rings is 1. The monoisotopic (exact) mass is 423 g/mol. The third-order valence-electron chi connectivity index (χ3n) is 5.42. The SMILES string of the molecule is CC(=O)[C@@H](OC(C)(C)C)c1c(C)nc2sc3c(c2c1-c1ccc(C)cc1)CCOC3. The molecule has 0 N–H and O–H groups in total. The Kier molecular flexibility index (Phi) is 5.56. The molecule has 4 rings (SSSR count). The molecule has 2 aromatic heterocycles. The predicted molar refractivity (Wildman–Crippen MR) is 122 cm³/mol. The number of ketones is 1. The van der Waals surface area contributed by atoms with E-state index in [1.54, 1.807) is 18.3 Å². The van der Waals surface area contributed by atoms with Gasteiger partial charge in [0.15, 0.2) is 5.78 Å². The minimum atomic E-state index is -0.659. The summed E-state index contributed by atoms with van der Waals surface area (Å²) in [6, 6.07) is 8.53. The number of carbonyl (C=O) groups is 1. The van der Waals surface area contributed by atoms with Gasteiger partial charge in [0, 0.05) is 27.1 Å². The molecule has 5 heteroatoms. The van der Waals surface area contributed by atoms with Crippen molar-refractivity contribution in [2.45, 2.75) is 66.3 Å². The third kappa shape index (κ3) is 3.94. The zero-order valence-corrected chi connectivity index (χ0v) is 19.4. The molecule has 0 bridgehead atoms. The van der Waals surface area contributed by atoms with Crippen molar-refractivity contribution in [2.75, 3.05) is 6.61 Å². The van der Waals surface area contributed by atoms with Gasteiger partial charge in [0.2, 0.25) is 0 Å². The second-order valence-corrected chi connectivity index (χ2v) is 10.1. The molecule has 1 aliphatic rings. The average Bonchev–Trinajstić information content (AvgIpc) is 3.03. The van der Waals surface area contributed by atoms with E-state index in [9.17, 15) is 4.79 Å². The standard InChI is InChI=1S/C25H29NO3S/c1-14-7-9-17(10-8-14)21-20(23(16(3)27)29-25(4,5)6)15(2)26-24-22(21)18-11-12-28-13-19(18)30-24/h7-10,23H,11-13H2,1-6H3/t23-/m1/s1. The third-order valence-corrected chi connectivity index (χ3v) is 6.52. The molecule has 3 aromatic rings. The van der Waals surface area contributed by atoms with Crippen molar-refractivity contribution >= 4 is 27.3 Å². The molecule has 3 heterocycles. The van der Waals surface area contributed by atoms with E-state index in [1.807, 2.05) is 27.7 Å². The molecule has 4 nitrogen and oxygen atoms in total. The number of nitrogens with zero attached hydrogens (tertiary/aromatic N) is 1. The van der Waals surface area contributed by atoms with Crippen LogP contribution in [0.4, 0.5) is 0 Å². The van der Waals surface area contributed by atoms with E-state index < -0.39 is 11.7 Å². The van der Waals surface area contributed by atoms with Crippen molar-refractivity contribution < 1.29 is 14.3 Å². The Morgan fingerprint density at radius 1 is 1.20 bits per heavy atom. The molecule has 0 fully saturated rings. The van der Waals surface area contributed by atoms with Gasteiger partial charge >= 0.3 is 0 Å².